The monoisotopic (exact) mass is 282 g/mol. The summed E-state index contributed by atoms with van der Waals surface area (Å²) in [6.07, 6.45) is -0.728. The van der Waals surface area contributed by atoms with E-state index in [4.69, 9.17) is 9.52 Å². The number of aryl methyl sites for hydroxylation is 1. The van der Waals surface area contributed by atoms with Crippen LogP contribution in [-0.2, 0) is 11.3 Å². The number of likely N-dealkylation sites (tertiary alicyclic amines) is 1. The number of furan rings is 1. The second-order valence-electron chi connectivity index (χ2n) is 5.05. The van der Waals surface area contributed by atoms with E-state index in [9.17, 15) is 14.7 Å². The summed E-state index contributed by atoms with van der Waals surface area (Å²) >= 11 is 0. The quantitative estimate of drug-likeness (QED) is 0.849. The summed E-state index contributed by atoms with van der Waals surface area (Å²) in [7, 11) is 1.57. The molecule has 2 amide bonds. The molecule has 1 saturated heterocycles. The number of nitrogens with zero attached hydrogens (tertiary/aromatic N) is 2. The van der Waals surface area contributed by atoms with E-state index in [2.05, 4.69) is 0 Å². The van der Waals surface area contributed by atoms with Crippen molar-refractivity contribution in [2.45, 2.75) is 32.0 Å². The molecular weight excluding hydrogens is 264 g/mol. The molecule has 0 aliphatic carbocycles. The molecule has 2 atom stereocenters. The predicted molar refractivity (Wildman–Crippen MR) is 69.1 cm³/mol. The maximum Gasteiger partial charge on any atom is 0.326 e. The Morgan fingerprint density at radius 1 is 1.50 bits per heavy atom. The zero-order chi connectivity index (χ0) is 14.9. The summed E-state index contributed by atoms with van der Waals surface area (Å²) in [4.78, 5) is 25.9. The lowest BCUT2D eigenvalue weighted by Gasteiger charge is -2.26. The zero-order valence-electron chi connectivity index (χ0n) is 11.4. The molecule has 0 saturated carbocycles. The molecule has 2 N–H and O–H groups in total. The van der Waals surface area contributed by atoms with E-state index < -0.39 is 24.1 Å². The molecule has 7 nitrogen and oxygen atoms in total. The van der Waals surface area contributed by atoms with Crippen molar-refractivity contribution in [3.8, 4) is 0 Å². The minimum Gasteiger partial charge on any atom is -0.480 e. The van der Waals surface area contributed by atoms with Gasteiger partial charge in [-0.3, -0.25) is 0 Å². The topological polar surface area (TPSA) is 94.2 Å². The number of β-amino-alcohol motifs (C(OH)–C–C–N with tert-alkyl or cyclic N) is 1. The molecule has 0 aromatic carbocycles. The minimum absolute atomic E-state index is 0.0390. The molecule has 2 heterocycles. The average molecular weight is 282 g/mol. The van der Waals surface area contributed by atoms with Crippen molar-refractivity contribution in [1.29, 1.82) is 0 Å². The molecule has 1 fully saturated rings. The molecule has 1 aromatic heterocycles. The second kappa shape index (κ2) is 5.54. The van der Waals surface area contributed by atoms with Gasteiger partial charge in [-0.2, -0.15) is 0 Å². The van der Waals surface area contributed by atoms with E-state index >= 15 is 0 Å². The van der Waals surface area contributed by atoms with Gasteiger partial charge in [-0.1, -0.05) is 0 Å². The molecule has 0 spiro atoms. The van der Waals surface area contributed by atoms with Crippen molar-refractivity contribution >= 4 is 12.0 Å². The van der Waals surface area contributed by atoms with Crippen LogP contribution in [0.5, 0.6) is 0 Å². The van der Waals surface area contributed by atoms with Crippen molar-refractivity contribution in [3.63, 3.8) is 0 Å². The molecule has 0 bridgehead atoms. The Morgan fingerprint density at radius 3 is 2.75 bits per heavy atom. The number of rotatable bonds is 3. The van der Waals surface area contributed by atoms with Crippen molar-refractivity contribution < 1.29 is 24.2 Å². The molecule has 20 heavy (non-hydrogen) atoms. The van der Waals surface area contributed by atoms with Crippen LogP contribution in [0.2, 0.25) is 0 Å². The van der Waals surface area contributed by atoms with Crippen LogP contribution in [0.15, 0.2) is 16.5 Å². The highest BCUT2D eigenvalue weighted by Gasteiger charge is 2.40. The predicted octanol–water partition coefficient (Wildman–Crippen LogP) is 0.660. The highest BCUT2D eigenvalue weighted by atomic mass is 16.4. The first-order valence-electron chi connectivity index (χ1n) is 6.36. The minimum atomic E-state index is -1.10. The summed E-state index contributed by atoms with van der Waals surface area (Å²) in [6.45, 7) is 2.10. The number of carbonyl (C=O) groups excluding carboxylic acids is 1. The third-order valence-corrected chi connectivity index (χ3v) is 3.33. The lowest BCUT2D eigenvalue weighted by Crippen LogP contribution is -2.46. The number of hydrogen-bond donors (Lipinski definition) is 2. The third kappa shape index (κ3) is 2.93. The lowest BCUT2D eigenvalue weighted by molar-refractivity contribution is -0.141. The number of urea groups is 1. The maximum atomic E-state index is 12.3. The van der Waals surface area contributed by atoms with E-state index in [1.807, 2.05) is 6.92 Å². The zero-order valence-corrected chi connectivity index (χ0v) is 11.4. The molecule has 1 aliphatic heterocycles. The first-order chi connectivity index (χ1) is 9.38. The third-order valence-electron chi connectivity index (χ3n) is 3.33. The van der Waals surface area contributed by atoms with Gasteiger partial charge in [0.15, 0.2) is 0 Å². The van der Waals surface area contributed by atoms with E-state index in [1.165, 1.54) is 9.80 Å². The summed E-state index contributed by atoms with van der Waals surface area (Å²) in [5.74, 6) is 0.281. The fourth-order valence-electron chi connectivity index (χ4n) is 2.35. The van der Waals surface area contributed by atoms with Crippen LogP contribution in [0.1, 0.15) is 17.9 Å². The van der Waals surface area contributed by atoms with Gasteiger partial charge in [0.2, 0.25) is 0 Å². The Hall–Kier alpha value is -2.02. The van der Waals surface area contributed by atoms with Gasteiger partial charge >= 0.3 is 12.0 Å². The molecule has 1 aliphatic rings. The van der Waals surface area contributed by atoms with Crippen LogP contribution in [0.4, 0.5) is 4.79 Å². The normalized spacial score (nSPS) is 22.1. The van der Waals surface area contributed by atoms with Crippen molar-refractivity contribution in [3.05, 3.63) is 23.7 Å². The van der Waals surface area contributed by atoms with Crippen molar-refractivity contribution in [1.82, 2.24) is 9.80 Å². The van der Waals surface area contributed by atoms with Crippen LogP contribution in [0.3, 0.4) is 0 Å². The van der Waals surface area contributed by atoms with Crippen molar-refractivity contribution in [2.24, 2.45) is 0 Å². The Bertz CT molecular complexity index is 513. The van der Waals surface area contributed by atoms with E-state index in [0.29, 0.717) is 5.76 Å². The number of hydrogen-bond acceptors (Lipinski definition) is 4. The van der Waals surface area contributed by atoms with Gasteiger partial charge < -0.3 is 24.4 Å². The van der Waals surface area contributed by atoms with Gasteiger partial charge in [0.05, 0.1) is 12.6 Å². The molecule has 0 radical (unpaired) electrons. The summed E-state index contributed by atoms with van der Waals surface area (Å²) < 4.78 is 5.38. The summed E-state index contributed by atoms with van der Waals surface area (Å²) in [5.41, 5.74) is 0. The highest BCUT2D eigenvalue weighted by Crippen LogP contribution is 2.20. The van der Waals surface area contributed by atoms with Crippen LogP contribution >= 0.6 is 0 Å². The summed E-state index contributed by atoms with van der Waals surface area (Å²) in [6, 6.07) is 2.17. The SMILES string of the molecule is Cc1ccc(CN(C)C(=O)N2C[C@H](O)C[C@H]2C(=O)O)o1. The van der Waals surface area contributed by atoms with Gasteiger partial charge in [0.25, 0.3) is 0 Å². The fraction of sp³-hybridized carbons (Fsp3) is 0.538. The van der Waals surface area contributed by atoms with E-state index in [1.54, 1.807) is 19.2 Å². The highest BCUT2D eigenvalue weighted by molar-refractivity contribution is 5.83. The van der Waals surface area contributed by atoms with Crippen LogP contribution in [0.25, 0.3) is 0 Å². The fourth-order valence-corrected chi connectivity index (χ4v) is 2.35. The number of carbonyl (C=O) groups is 2. The Morgan fingerprint density at radius 2 is 2.20 bits per heavy atom. The molecule has 7 heteroatoms. The standard InChI is InChI=1S/C13H18N2O5/c1-8-3-4-10(20-8)7-14(2)13(19)15-6-9(16)5-11(15)12(17)18/h3-4,9,11,16H,5-7H2,1-2H3,(H,17,18)/t9-,11+/m1/s1. The summed E-state index contributed by atoms with van der Waals surface area (Å²) in [5, 5.41) is 18.6. The van der Waals surface area contributed by atoms with E-state index in [-0.39, 0.29) is 19.5 Å². The van der Waals surface area contributed by atoms with Gasteiger partial charge in [0, 0.05) is 20.0 Å². The van der Waals surface area contributed by atoms with Crippen molar-refractivity contribution in [2.75, 3.05) is 13.6 Å². The van der Waals surface area contributed by atoms with E-state index in [0.717, 1.165) is 5.76 Å². The first kappa shape index (κ1) is 14.4. The van der Waals surface area contributed by atoms with Gasteiger partial charge in [-0.25, -0.2) is 9.59 Å². The average Bonchev–Trinajstić information content (AvgIpc) is 2.94. The molecular formula is C13H18N2O5. The maximum absolute atomic E-state index is 12.3. The molecule has 2 rings (SSSR count). The first-order valence-corrected chi connectivity index (χ1v) is 6.36. The van der Waals surface area contributed by atoms with Gasteiger partial charge in [-0.05, 0) is 19.1 Å². The Balaban J connectivity index is 2.04. The van der Waals surface area contributed by atoms with Crippen LogP contribution in [0, 0.1) is 6.92 Å². The molecule has 110 valence electrons. The largest absolute Gasteiger partial charge is 0.480 e. The van der Waals surface area contributed by atoms with Crippen LogP contribution < -0.4 is 0 Å². The number of aliphatic carboxylic acids is 1. The number of carboxylic acid groups (broad SMARTS) is 1. The van der Waals surface area contributed by atoms with Gasteiger partial charge in [0.1, 0.15) is 17.6 Å². The smallest absolute Gasteiger partial charge is 0.326 e. The lowest BCUT2D eigenvalue weighted by atomic mass is 10.2. The number of amides is 2. The number of carboxylic acids is 1. The van der Waals surface area contributed by atoms with Gasteiger partial charge in [-0.15, -0.1) is 0 Å². The van der Waals surface area contributed by atoms with Crippen LogP contribution in [-0.4, -0.2) is 57.8 Å². The number of aliphatic hydroxyl groups excluding tert-OH is 1. The Kier molecular flexibility index (Phi) is 3.99. The Labute approximate surface area is 116 Å². The number of aliphatic hydroxyl groups is 1. The second-order valence-corrected chi connectivity index (χ2v) is 5.05. The molecule has 0 unspecified atom stereocenters. The molecule has 1 aromatic rings.